The second kappa shape index (κ2) is 26.1. The summed E-state index contributed by atoms with van der Waals surface area (Å²) < 4.78 is 64.3. The maximum Gasteiger partial charge on any atom is 0.303 e. The summed E-state index contributed by atoms with van der Waals surface area (Å²) in [5.74, 6) is -0.651. The lowest BCUT2D eigenvalue weighted by molar-refractivity contribution is -0.361. The highest BCUT2D eigenvalue weighted by Crippen LogP contribution is 2.68. The lowest BCUT2D eigenvalue weighted by atomic mass is 9.44. The van der Waals surface area contributed by atoms with Gasteiger partial charge in [-0.15, -0.1) is 5.10 Å². The summed E-state index contributed by atoms with van der Waals surface area (Å²) >= 11 is 0. The minimum Gasteiger partial charge on any atom is -0.463 e. The molecule has 6 fully saturated rings. The maximum absolute atomic E-state index is 13.0. The van der Waals surface area contributed by atoms with Crippen LogP contribution in [0.4, 0.5) is 0 Å². The number of carbonyl (C=O) groups is 7. The van der Waals surface area contributed by atoms with Crippen LogP contribution in [0.3, 0.4) is 0 Å². The van der Waals surface area contributed by atoms with Crippen molar-refractivity contribution in [1.82, 2.24) is 15.2 Å². The molecule has 4 saturated carbocycles. The fraction of sp³-hybridized carbons (Fsp3) is 0.839. The van der Waals surface area contributed by atoms with Gasteiger partial charge in [-0.25, -0.2) is 0 Å². The summed E-state index contributed by atoms with van der Waals surface area (Å²) in [6.45, 7) is 19.0. The molecule has 2 saturated heterocycles. The number of ether oxygens (including phenoxy) is 11. The van der Waals surface area contributed by atoms with Crippen LogP contribution >= 0.6 is 0 Å². The number of aromatic nitrogens is 3. The van der Waals surface area contributed by atoms with Gasteiger partial charge in [0.15, 0.2) is 30.7 Å². The second-order valence-corrected chi connectivity index (χ2v) is 23.8. The first-order valence-electron chi connectivity index (χ1n) is 28.2. The number of carbonyl (C=O) groups excluding carboxylic acids is 7. The summed E-state index contributed by atoms with van der Waals surface area (Å²) in [4.78, 5) is 94.9. The Morgan fingerprint density at radius 2 is 1.15 bits per heavy atom. The summed E-state index contributed by atoms with van der Waals surface area (Å²) in [6, 6.07) is 0. The predicted octanol–water partition coefficient (Wildman–Crippen LogP) is 6.33. The zero-order valence-electron chi connectivity index (χ0n) is 47.7. The van der Waals surface area contributed by atoms with Crippen molar-refractivity contribution in [1.29, 1.82) is 0 Å². The zero-order chi connectivity index (χ0) is 56.8. The first-order chi connectivity index (χ1) is 36.9. The summed E-state index contributed by atoms with van der Waals surface area (Å²) in [5, 5.41) is 8.45. The highest BCUT2D eigenvalue weighted by Gasteiger charge is 2.62. The SMILES string of the molecule is CC(=O)OC[C@H]1O[C@H](O[C@H]2[C@H](OC(C)=O)[C@@H](OC(C)=O)[C@H](On3cc(CO[C@H]4CC[C@@]5(C)C(CC[C@H]6[C@@H]7CC[C@H]([C@H](C)CCCC(C)C)[C@@]7(C)CC[C@@H]65)C4)nn3)O[C@@H]2COC(C)=O)[C@H](OC(C)=O)[C@@H](OC(C)=O)[C@@H]1OC(C)=O. The van der Waals surface area contributed by atoms with Crippen LogP contribution in [0.15, 0.2) is 6.20 Å². The standard InChI is InChI=1S/C56H85N3O19/c1-29(2)14-13-15-30(3)42-18-19-43-41-17-16-38-24-40(20-22-55(38,11)44(41)21-23-56(42,43)12)69-26-39-25-59(58-57-39)78-54-52(74-37(10)66)50(72-35(8)64)48(46(76-54)28-68-32(5)61)77-53-51(73-36(9)65)49(71-34(7)63)47(70-33(6)62)45(75-53)27-67-31(4)60/h25,29-30,38,40-54H,13-24,26-28H2,1-12H3/t30-,38?,40+,41+,42-,43+,44+,45-,46-,47-,48-,49+,50+,51-,52-,53-,54+,55+,56-/m1/s1. The van der Waals surface area contributed by atoms with Crippen LogP contribution < -0.4 is 4.84 Å². The monoisotopic (exact) mass is 1100 g/mol. The lowest BCUT2D eigenvalue weighted by Crippen LogP contribution is -2.68. The molecule has 2 aliphatic heterocycles. The molecule has 1 aromatic rings. The van der Waals surface area contributed by atoms with Crippen LogP contribution in [-0.2, 0) is 92.3 Å². The molecular formula is C56H85N3O19. The Morgan fingerprint density at radius 1 is 0.615 bits per heavy atom. The summed E-state index contributed by atoms with van der Waals surface area (Å²) in [6.07, 6.45) is 0.228. The zero-order valence-corrected chi connectivity index (χ0v) is 47.7. The van der Waals surface area contributed by atoms with Crippen molar-refractivity contribution in [3.63, 3.8) is 0 Å². The highest BCUT2D eigenvalue weighted by molar-refractivity contribution is 5.69. The Balaban J connectivity index is 1.05. The van der Waals surface area contributed by atoms with Crippen molar-refractivity contribution >= 4 is 41.8 Å². The van der Waals surface area contributed by atoms with Gasteiger partial charge in [0.1, 0.15) is 37.2 Å². The van der Waals surface area contributed by atoms with Gasteiger partial charge in [0, 0.05) is 48.5 Å². The first-order valence-corrected chi connectivity index (χ1v) is 28.2. The highest BCUT2D eigenvalue weighted by atomic mass is 16.8. The Morgan fingerprint density at radius 3 is 1.76 bits per heavy atom. The Hall–Kier alpha value is -4.93. The van der Waals surface area contributed by atoms with E-state index in [0.29, 0.717) is 17.0 Å². The fourth-order valence-electron chi connectivity index (χ4n) is 14.7. The average molecular weight is 1100 g/mol. The van der Waals surface area contributed by atoms with Crippen molar-refractivity contribution in [2.24, 2.45) is 52.3 Å². The number of rotatable bonds is 21. The van der Waals surface area contributed by atoms with Crippen molar-refractivity contribution in [2.75, 3.05) is 13.2 Å². The Kier molecular flexibility index (Phi) is 20.3. The van der Waals surface area contributed by atoms with Crippen LogP contribution in [0, 0.1) is 52.3 Å². The largest absolute Gasteiger partial charge is 0.463 e. The van der Waals surface area contributed by atoms with Gasteiger partial charge in [-0.3, -0.25) is 33.6 Å². The lowest BCUT2D eigenvalue weighted by Gasteiger charge is -2.61. The van der Waals surface area contributed by atoms with E-state index in [2.05, 4.69) is 44.9 Å². The Bertz CT molecular complexity index is 2280. The van der Waals surface area contributed by atoms with E-state index in [4.69, 9.17) is 56.9 Å². The smallest absolute Gasteiger partial charge is 0.303 e. The van der Waals surface area contributed by atoms with Gasteiger partial charge in [0.05, 0.1) is 18.9 Å². The van der Waals surface area contributed by atoms with Gasteiger partial charge in [0.2, 0.25) is 6.10 Å². The normalized spacial score (nSPS) is 36.6. The van der Waals surface area contributed by atoms with Gasteiger partial charge in [-0.1, -0.05) is 58.7 Å². The number of hydrogen-bond donors (Lipinski definition) is 0. The summed E-state index contributed by atoms with van der Waals surface area (Å²) in [7, 11) is 0. The van der Waals surface area contributed by atoms with Gasteiger partial charge < -0.3 is 56.9 Å². The van der Waals surface area contributed by atoms with Crippen LogP contribution in [-0.4, -0.2) is 138 Å². The van der Waals surface area contributed by atoms with Gasteiger partial charge in [-0.2, -0.15) is 0 Å². The second-order valence-electron chi connectivity index (χ2n) is 23.8. The first kappa shape index (κ1) is 60.7. The van der Waals surface area contributed by atoms with E-state index in [9.17, 15) is 33.6 Å². The van der Waals surface area contributed by atoms with Crippen LogP contribution in [0.1, 0.15) is 166 Å². The van der Waals surface area contributed by atoms with Crippen molar-refractivity contribution < 1.29 is 90.5 Å². The van der Waals surface area contributed by atoms with Crippen LogP contribution in [0.5, 0.6) is 0 Å². The van der Waals surface area contributed by atoms with Crippen molar-refractivity contribution in [3.8, 4) is 0 Å². The molecule has 7 rings (SSSR count). The van der Waals surface area contributed by atoms with Crippen molar-refractivity contribution in [2.45, 2.75) is 234 Å². The molecule has 6 aliphatic rings. The molecule has 0 bridgehead atoms. The van der Waals surface area contributed by atoms with Gasteiger partial charge in [-0.05, 0) is 115 Å². The van der Waals surface area contributed by atoms with Gasteiger partial charge >= 0.3 is 41.8 Å². The third-order valence-corrected chi connectivity index (χ3v) is 17.9. The van der Waals surface area contributed by atoms with E-state index in [1.54, 1.807) is 0 Å². The number of esters is 7. The summed E-state index contributed by atoms with van der Waals surface area (Å²) in [5.41, 5.74) is 1.16. The molecule has 0 radical (unpaired) electrons. The number of hydrogen-bond acceptors (Lipinski definition) is 21. The molecule has 19 atom stereocenters. The molecule has 3 heterocycles. The van der Waals surface area contributed by atoms with E-state index >= 15 is 0 Å². The van der Waals surface area contributed by atoms with E-state index in [1.165, 1.54) is 64.0 Å². The van der Waals surface area contributed by atoms with Gasteiger partial charge in [0.25, 0.3) is 6.29 Å². The maximum atomic E-state index is 13.0. The molecule has 0 N–H and O–H groups in total. The molecule has 0 amide bonds. The molecule has 0 aromatic carbocycles. The minimum absolute atomic E-state index is 0.0305. The van der Waals surface area contributed by atoms with Crippen LogP contribution in [0.25, 0.3) is 0 Å². The third-order valence-electron chi connectivity index (χ3n) is 17.9. The fourth-order valence-corrected chi connectivity index (χ4v) is 14.7. The molecular weight excluding hydrogens is 1020 g/mol. The molecule has 22 nitrogen and oxygen atoms in total. The van der Waals surface area contributed by atoms with E-state index < -0.39 is 116 Å². The number of fused-ring (bicyclic) bond motifs is 5. The van der Waals surface area contributed by atoms with E-state index in [0.717, 1.165) is 108 Å². The topological polar surface area (TPSA) is 261 Å². The third kappa shape index (κ3) is 14.5. The molecule has 438 valence electrons. The minimum atomic E-state index is -1.83. The molecule has 4 aliphatic carbocycles. The molecule has 0 spiro atoms. The number of nitrogens with zero attached hydrogens (tertiary/aromatic N) is 3. The van der Waals surface area contributed by atoms with Crippen molar-refractivity contribution in [3.05, 3.63) is 11.9 Å². The average Bonchev–Trinajstić information content (AvgIpc) is 4.13. The van der Waals surface area contributed by atoms with Crippen LogP contribution in [0.2, 0.25) is 0 Å². The van der Waals surface area contributed by atoms with E-state index in [-0.39, 0.29) is 18.1 Å². The Labute approximate surface area is 457 Å². The van der Waals surface area contributed by atoms with E-state index in [1.807, 2.05) is 0 Å². The molecule has 1 unspecified atom stereocenters. The quantitative estimate of drug-likeness (QED) is 0.0961. The predicted molar refractivity (Wildman–Crippen MR) is 271 cm³/mol. The molecule has 22 heteroatoms. The molecule has 78 heavy (non-hydrogen) atoms. The molecule has 1 aromatic heterocycles.